The molecule has 0 bridgehead atoms. The van der Waals surface area contributed by atoms with Crippen LogP contribution in [0.2, 0.25) is 0 Å². The van der Waals surface area contributed by atoms with Gasteiger partial charge in [0.25, 0.3) is 0 Å². The van der Waals surface area contributed by atoms with E-state index in [1.165, 1.54) is 0 Å². The second-order valence-electron chi connectivity index (χ2n) is 6.62. The van der Waals surface area contributed by atoms with Crippen molar-refractivity contribution in [3.63, 3.8) is 0 Å². The molecule has 0 saturated carbocycles. The minimum Gasteiger partial charge on any atom is -0.462 e. The van der Waals surface area contributed by atoms with Gasteiger partial charge >= 0.3 is 11.9 Å². The summed E-state index contributed by atoms with van der Waals surface area (Å²) in [5.74, 6) is -0.0104. The lowest BCUT2D eigenvalue weighted by atomic mass is 10.1. The number of rotatable bonds is 9. The van der Waals surface area contributed by atoms with Crippen LogP contribution in [0.5, 0.6) is 5.75 Å². The first-order chi connectivity index (χ1) is 13.0. The number of esters is 2. The highest BCUT2D eigenvalue weighted by Gasteiger charge is 2.21. The van der Waals surface area contributed by atoms with Crippen LogP contribution in [0.25, 0.3) is 0 Å². The van der Waals surface area contributed by atoms with Crippen LogP contribution in [0, 0.1) is 5.92 Å². The van der Waals surface area contributed by atoms with Crippen LogP contribution in [-0.2, 0) is 9.47 Å². The van der Waals surface area contributed by atoms with Gasteiger partial charge in [-0.3, -0.25) is 0 Å². The summed E-state index contributed by atoms with van der Waals surface area (Å²) < 4.78 is 16.2. The molecule has 5 nitrogen and oxygen atoms in total. The van der Waals surface area contributed by atoms with Gasteiger partial charge < -0.3 is 14.2 Å². The van der Waals surface area contributed by atoms with Crippen molar-refractivity contribution in [3.8, 4) is 5.75 Å². The molecule has 0 aliphatic carbocycles. The number of carbonyl (C=O) groups excluding carboxylic acids is 2. The largest absolute Gasteiger partial charge is 0.462 e. The third kappa shape index (κ3) is 6.77. The number of para-hydroxylation sites is 1. The monoisotopic (exact) mass is 370 g/mol. The highest BCUT2D eigenvalue weighted by atomic mass is 16.7. The van der Waals surface area contributed by atoms with Gasteiger partial charge in [0.1, 0.15) is 5.75 Å². The molecule has 0 fully saturated rings. The highest BCUT2D eigenvalue weighted by Crippen LogP contribution is 2.16. The Morgan fingerprint density at radius 1 is 0.852 bits per heavy atom. The topological polar surface area (TPSA) is 61.8 Å². The Kier molecular flexibility index (Phi) is 7.86. The van der Waals surface area contributed by atoms with Crippen LogP contribution in [0.15, 0.2) is 54.6 Å². The fourth-order valence-corrected chi connectivity index (χ4v) is 2.50. The van der Waals surface area contributed by atoms with Crippen molar-refractivity contribution in [2.75, 3.05) is 6.61 Å². The third-order valence-corrected chi connectivity index (χ3v) is 3.84. The van der Waals surface area contributed by atoms with E-state index in [1.807, 2.05) is 18.2 Å². The van der Waals surface area contributed by atoms with Crippen LogP contribution >= 0.6 is 0 Å². The van der Waals surface area contributed by atoms with Crippen LogP contribution in [0.4, 0.5) is 0 Å². The van der Waals surface area contributed by atoms with E-state index in [4.69, 9.17) is 14.2 Å². The van der Waals surface area contributed by atoms with Crippen molar-refractivity contribution in [1.29, 1.82) is 0 Å². The number of carbonyl (C=O) groups is 2. The summed E-state index contributed by atoms with van der Waals surface area (Å²) in [6.07, 6.45) is 0.971. The van der Waals surface area contributed by atoms with Gasteiger partial charge in [-0.15, -0.1) is 0 Å². The maximum atomic E-state index is 12.5. The second kappa shape index (κ2) is 10.4. The third-order valence-electron chi connectivity index (χ3n) is 3.84. The van der Waals surface area contributed by atoms with Gasteiger partial charge in [-0.05, 0) is 43.0 Å². The molecule has 0 radical (unpaired) electrons. The smallest absolute Gasteiger partial charge is 0.342 e. The maximum Gasteiger partial charge on any atom is 0.342 e. The molecular weight excluding hydrogens is 344 g/mol. The number of hydrogen-bond donors (Lipinski definition) is 0. The predicted molar refractivity (Wildman–Crippen MR) is 103 cm³/mol. The molecule has 2 rings (SSSR count). The Labute approximate surface area is 160 Å². The first-order valence-corrected chi connectivity index (χ1v) is 9.16. The second-order valence-corrected chi connectivity index (χ2v) is 6.62. The van der Waals surface area contributed by atoms with Crippen LogP contribution in [0.1, 0.15) is 54.3 Å². The van der Waals surface area contributed by atoms with Crippen molar-refractivity contribution in [2.45, 2.75) is 39.9 Å². The molecule has 0 N–H and O–H groups in total. The van der Waals surface area contributed by atoms with E-state index in [-0.39, 0.29) is 11.1 Å². The number of benzene rings is 2. The van der Waals surface area contributed by atoms with Gasteiger partial charge in [-0.1, -0.05) is 44.2 Å². The highest BCUT2D eigenvalue weighted by molar-refractivity contribution is 6.03. The average Bonchev–Trinajstić information content (AvgIpc) is 2.65. The van der Waals surface area contributed by atoms with E-state index in [9.17, 15) is 9.59 Å². The first-order valence-electron chi connectivity index (χ1n) is 9.16. The Morgan fingerprint density at radius 3 is 2.07 bits per heavy atom. The maximum absolute atomic E-state index is 12.5. The molecule has 1 atom stereocenters. The minimum atomic E-state index is -0.796. The van der Waals surface area contributed by atoms with Gasteiger partial charge in [0.2, 0.25) is 6.29 Å². The summed E-state index contributed by atoms with van der Waals surface area (Å²) >= 11 is 0. The summed E-state index contributed by atoms with van der Waals surface area (Å²) in [6, 6.07) is 15.5. The molecule has 0 aliphatic heterocycles. The summed E-state index contributed by atoms with van der Waals surface area (Å²) in [5, 5.41) is 0. The summed E-state index contributed by atoms with van der Waals surface area (Å²) in [5.41, 5.74) is 0.355. The Balaban J connectivity index is 1.96. The molecule has 1 unspecified atom stereocenters. The van der Waals surface area contributed by atoms with Crippen LogP contribution < -0.4 is 4.74 Å². The molecule has 5 heteroatoms. The van der Waals surface area contributed by atoms with E-state index in [0.717, 1.165) is 12.8 Å². The number of hydrogen-bond acceptors (Lipinski definition) is 5. The van der Waals surface area contributed by atoms with Gasteiger partial charge in [0.15, 0.2) is 0 Å². The van der Waals surface area contributed by atoms with Crippen molar-refractivity contribution >= 4 is 11.9 Å². The van der Waals surface area contributed by atoms with Crippen LogP contribution in [-0.4, -0.2) is 24.8 Å². The molecule has 27 heavy (non-hydrogen) atoms. The normalized spacial score (nSPS) is 11.7. The molecule has 0 aliphatic rings. The van der Waals surface area contributed by atoms with Gasteiger partial charge in [-0.25, -0.2) is 9.59 Å². The van der Waals surface area contributed by atoms with E-state index in [1.54, 1.807) is 43.3 Å². The van der Waals surface area contributed by atoms with E-state index in [2.05, 4.69) is 13.8 Å². The standard InChI is InChI=1S/C22H26O5/c1-16(2)10-9-15-25-21(23)19-13-7-8-14-20(19)22(24)27-17(3)26-18-11-5-4-6-12-18/h4-8,11-14,16-17H,9-10,15H2,1-3H3. The van der Waals surface area contributed by atoms with Gasteiger partial charge in [0, 0.05) is 6.92 Å². The lowest BCUT2D eigenvalue weighted by molar-refractivity contribution is -0.0373. The SMILES string of the molecule is CC(C)CCCOC(=O)c1ccccc1C(=O)OC(C)Oc1ccccc1. The lowest BCUT2D eigenvalue weighted by Gasteiger charge is -2.16. The predicted octanol–water partition coefficient (Wildman–Crippen LogP) is 4.86. The molecule has 0 aromatic heterocycles. The van der Waals surface area contributed by atoms with E-state index >= 15 is 0 Å². The quantitative estimate of drug-likeness (QED) is 0.358. The molecular formula is C22H26O5. The molecule has 2 aromatic carbocycles. The Hall–Kier alpha value is -2.82. The van der Waals surface area contributed by atoms with E-state index in [0.29, 0.717) is 18.3 Å². The fourth-order valence-electron chi connectivity index (χ4n) is 2.50. The summed E-state index contributed by atoms with van der Waals surface area (Å²) in [7, 11) is 0. The minimum absolute atomic E-state index is 0.162. The molecule has 0 heterocycles. The van der Waals surface area contributed by atoms with Crippen LogP contribution in [0.3, 0.4) is 0 Å². The summed E-state index contributed by atoms with van der Waals surface area (Å²) in [4.78, 5) is 24.8. The van der Waals surface area contributed by atoms with Gasteiger partial charge in [0.05, 0.1) is 17.7 Å². The fraction of sp³-hybridized carbons (Fsp3) is 0.364. The lowest BCUT2D eigenvalue weighted by Crippen LogP contribution is -2.22. The zero-order chi connectivity index (χ0) is 19.6. The Morgan fingerprint density at radius 2 is 1.44 bits per heavy atom. The van der Waals surface area contributed by atoms with Crippen molar-refractivity contribution < 1.29 is 23.8 Å². The molecule has 0 spiro atoms. The molecule has 2 aromatic rings. The Bertz CT molecular complexity index is 739. The molecule has 0 saturated heterocycles. The zero-order valence-electron chi connectivity index (χ0n) is 16.0. The van der Waals surface area contributed by atoms with Crippen molar-refractivity contribution in [3.05, 3.63) is 65.7 Å². The van der Waals surface area contributed by atoms with Crippen molar-refractivity contribution in [2.24, 2.45) is 5.92 Å². The zero-order valence-corrected chi connectivity index (χ0v) is 16.0. The average molecular weight is 370 g/mol. The molecule has 144 valence electrons. The van der Waals surface area contributed by atoms with Crippen molar-refractivity contribution in [1.82, 2.24) is 0 Å². The number of ether oxygens (including phenoxy) is 3. The van der Waals surface area contributed by atoms with E-state index < -0.39 is 18.2 Å². The summed E-state index contributed by atoms with van der Waals surface area (Å²) in [6.45, 7) is 6.18. The van der Waals surface area contributed by atoms with Gasteiger partial charge in [-0.2, -0.15) is 0 Å². The molecule has 0 amide bonds. The first kappa shape index (κ1) is 20.5.